The van der Waals surface area contributed by atoms with Crippen molar-refractivity contribution in [2.45, 2.75) is 0 Å². The number of fused-ring (bicyclic) bond motifs is 5. The van der Waals surface area contributed by atoms with Gasteiger partial charge in [0.15, 0.2) is 0 Å². The quantitative estimate of drug-likeness (QED) is 0.192. The normalized spacial score (nSPS) is 11.5. The maximum absolute atomic E-state index is 5.10. The minimum absolute atomic E-state index is 0.824. The Labute approximate surface area is 264 Å². The summed E-state index contributed by atoms with van der Waals surface area (Å²) in [7, 11) is 0. The largest absolute Gasteiger partial charge is 0.255 e. The van der Waals surface area contributed by atoms with Crippen LogP contribution in [0.5, 0.6) is 0 Å². The van der Waals surface area contributed by atoms with E-state index in [9.17, 15) is 0 Å². The first-order valence-corrected chi connectivity index (χ1v) is 15.2. The lowest BCUT2D eigenvalue weighted by Gasteiger charge is -2.09. The molecule has 0 aliphatic rings. The van der Waals surface area contributed by atoms with Gasteiger partial charge in [0.2, 0.25) is 0 Å². The van der Waals surface area contributed by atoms with Crippen molar-refractivity contribution in [2.75, 3.05) is 0 Å². The number of aromatic nitrogens is 5. The fourth-order valence-corrected chi connectivity index (χ4v) is 6.09. The van der Waals surface area contributed by atoms with E-state index in [1.165, 1.54) is 0 Å². The van der Waals surface area contributed by atoms with Gasteiger partial charge in [0.05, 0.1) is 50.5 Å². The lowest BCUT2D eigenvalue weighted by Crippen LogP contribution is -1.92. The molecule has 0 N–H and O–H groups in total. The van der Waals surface area contributed by atoms with E-state index >= 15 is 0 Å². The number of nitrogens with zero attached hydrogens (tertiary/aromatic N) is 5. The third-order valence-electron chi connectivity index (χ3n) is 8.49. The van der Waals surface area contributed by atoms with E-state index in [0.717, 1.165) is 88.8 Å². The van der Waals surface area contributed by atoms with Crippen molar-refractivity contribution >= 4 is 43.6 Å². The monoisotopic (exact) mass is 587 g/mol. The van der Waals surface area contributed by atoms with Crippen molar-refractivity contribution in [3.8, 4) is 45.2 Å². The van der Waals surface area contributed by atoms with E-state index in [-0.39, 0.29) is 0 Å². The fourth-order valence-electron chi connectivity index (χ4n) is 6.09. The van der Waals surface area contributed by atoms with Crippen molar-refractivity contribution in [1.82, 2.24) is 24.9 Å². The van der Waals surface area contributed by atoms with Crippen molar-refractivity contribution in [2.24, 2.45) is 0 Å². The Morgan fingerprint density at radius 1 is 0.304 bits per heavy atom. The Morgan fingerprint density at radius 2 is 0.804 bits per heavy atom. The van der Waals surface area contributed by atoms with E-state index in [0.29, 0.717) is 0 Å². The molecule has 9 aromatic rings. The van der Waals surface area contributed by atoms with Crippen LogP contribution in [0.15, 0.2) is 152 Å². The van der Waals surface area contributed by atoms with Gasteiger partial charge in [0, 0.05) is 33.3 Å². The number of hydrogen-bond donors (Lipinski definition) is 0. The lowest BCUT2D eigenvalue weighted by atomic mass is 10.0. The molecule has 214 valence electrons. The van der Waals surface area contributed by atoms with E-state index < -0.39 is 0 Å². The maximum Gasteiger partial charge on any atom is 0.0973 e. The molecule has 0 radical (unpaired) electrons. The third kappa shape index (κ3) is 4.62. The van der Waals surface area contributed by atoms with Crippen LogP contribution in [-0.2, 0) is 0 Å². The zero-order chi connectivity index (χ0) is 30.5. The van der Waals surface area contributed by atoms with Crippen LogP contribution >= 0.6 is 0 Å². The summed E-state index contributed by atoms with van der Waals surface area (Å²) >= 11 is 0. The smallest absolute Gasteiger partial charge is 0.0973 e. The molecule has 0 saturated heterocycles. The van der Waals surface area contributed by atoms with Gasteiger partial charge in [-0.1, -0.05) is 84.9 Å². The van der Waals surface area contributed by atoms with Gasteiger partial charge in [-0.25, -0.2) is 19.9 Å². The molecule has 0 aliphatic heterocycles. The summed E-state index contributed by atoms with van der Waals surface area (Å²) in [6, 6.07) is 49.8. The molecule has 0 fully saturated rings. The van der Waals surface area contributed by atoms with Crippen LogP contribution in [0.3, 0.4) is 0 Å². The second-order valence-corrected chi connectivity index (χ2v) is 11.4. The highest BCUT2D eigenvalue weighted by Crippen LogP contribution is 2.31. The summed E-state index contributed by atoms with van der Waals surface area (Å²) in [5.41, 5.74) is 11.3. The van der Waals surface area contributed by atoms with Crippen molar-refractivity contribution < 1.29 is 0 Å². The Bertz CT molecular complexity index is 2580. The predicted molar refractivity (Wildman–Crippen MR) is 187 cm³/mol. The number of pyridine rings is 5. The van der Waals surface area contributed by atoms with Crippen LogP contribution in [0, 0.1) is 0 Å². The molecule has 46 heavy (non-hydrogen) atoms. The van der Waals surface area contributed by atoms with Crippen LogP contribution in [-0.4, -0.2) is 24.9 Å². The van der Waals surface area contributed by atoms with Crippen molar-refractivity contribution in [3.05, 3.63) is 152 Å². The van der Waals surface area contributed by atoms with Gasteiger partial charge in [-0.05, 0) is 71.8 Å². The molecule has 0 unspecified atom stereocenters. The molecule has 0 aliphatic carbocycles. The average Bonchev–Trinajstić information content (AvgIpc) is 3.14. The number of benzene rings is 4. The molecule has 5 heteroatoms. The Kier molecular flexibility index (Phi) is 6.06. The zero-order valence-electron chi connectivity index (χ0n) is 24.7. The molecular weight excluding hydrogens is 562 g/mol. The summed E-state index contributed by atoms with van der Waals surface area (Å²) in [5, 5.41) is 4.28. The Morgan fingerprint density at radius 3 is 1.41 bits per heavy atom. The predicted octanol–water partition coefficient (Wildman–Crippen LogP) is 9.94. The molecular formula is C41H25N5. The van der Waals surface area contributed by atoms with E-state index in [2.05, 4.69) is 102 Å². The third-order valence-corrected chi connectivity index (χ3v) is 8.49. The van der Waals surface area contributed by atoms with Crippen molar-refractivity contribution in [3.63, 3.8) is 0 Å². The van der Waals surface area contributed by atoms with E-state index in [4.69, 9.17) is 19.9 Å². The van der Waals surface area contributed by atoms with Crippen LogP contribution < -0.4 is 0 Å². The lowest BCUT2D eigenvalue weighted by molar-refractivity contribution is 1.28. The first-order chi connectivity index (χ1) is 22.7. The first-order valence-electron chi connectivity index (χ1n) is 15.2. The van der Waals surface area contributed by atoms with Crippen LogP contribution in [0.2, 0.25) is 0 Å². The SMILES string of the molecule is c1ccc(-c2ccc3ccc4ccc(-c5ccc6cc(-c7ccc8nc(-c9ccccn9)ccc8c7)ccc6n5)nc4c3n2)cc1. The molecule has 0 amide bonds. The summed E-state index contributed by atoms with van der Waals surface area (Å²) in [6.07, 6.45) is 1.79. The Hall–Kier alpha value is -6.33. The van der Waals surface area contributed by atoms with Gasteiger partial charge in [-0.15, -0.1) is 0 Å². The molecule has 5 nitrogen and oxygen atoms in total. The topological polar surface area (TPSA) is 64.5 Å². The standard InChI is InChI=1S/C41H25N5/c1-2-6-26(7-3-1)33-17-11-27-9-10-28-12-20-39(46-41(28)40(27)45-33)38-22-16-32-25-30(14-19-35(32)44-38)29-13-18-34-31(24-29)15-21-37(43-34)36-8-4-5-23-42-36/h1-25H. The second kappa shape index (κ2) is 10.7. The molecule has 5 heterocycles. The summed E-state index contributed by atoms with van der Waals surface area (Å²) in [4.78, 5) is 24.4. The average molecular weight is 588 g/mol. The van der Waals surface area contributed by atoms with Crippen LogP contribution in [0.1, 0.15) is 0 Å². The van der Waals surface area contributed by atoms with Gasteiger partial charge >= 0.3 is 0 Å². The minimum Gasteiger partial charge on any atom is -0.255 e. The molecule has 0 saturated carbocycles. The Balaban J connectivity index is 1.06. The zero-order valence-corrected chi connectivity index (χ0v) is 24.7. The summed E-state index contributed by atoms with van der Waals surface area (Å²) in [5.74, 6) is 0. The molecule has 0 bridgehead atoms. The molecule has 5 aromatic heterocycles. The summed E-state index contributed by atoms with van der Waals surface area (Å²) in [6.45, 7) is 0. The minimum atomic E-state index is 0.824. The highest BCUT2D eigenvalue weighted by atomic mass is 14.8. The maximum atomic E-state index is 5.10. The summed E-state index contributed by atoms with van der Waals surface area (Å²) < 4.78 is 0. The van der Waals surface area contributed by atoms with Crippen LogP contribution in [0.4, 0.5) is 0 Å². The van der Waals surface area contributed by atoms with E-state index in [1.54, 1.807) is 6.20 Å². The highest BCUT2D eigenvalue weighted by Gasteiger charge is 2.11. The van der Waals surface area contributed by atoms with Gasteiger partial charge in [0.1, 0.15) is 0 Å². The number of hydrogen-bond acceptors (Lipinski definition) is 5. The number of rotatable bonds is 4. The van der Waals surface area contributed by atoms with Gasteiger partial charge < -0.3 is 0 Å². The van der Waals surface area contributed by atoms with Gasteiger partial charge in [-0.2, -0.15) is 0 Å². The first kappa shape index (κ1) is 26.1. The molecule has 0 spiro atoms. The van der Waals surface area contributed by atoms with Crippen LogP contribution in [0.25, 0.3) is 88.8 Å². The fraction of sp³-hybridized carbons (Fsp3) is 0. The molecule has 0 atom stereocenters. The van der Waals surface area contributed by atoms with Gasteiger partial charge in [0.25, 0.3) is 0 Å². The molecule has 4 aromatic carbocycles. The van der Waals surface area contributed by atoms with Gasteiger partial charge in [-0.3, -0.25) is 4.98 Å². The molecule has 9 rings (SSSR count). The van der Waals surface area contributed by atoms with Crippen molar-refractivity contribution in [1.29, 1.82) is 0 Å². The van der Waals surface area contributed by atoms with E-state index in [1.807, 2.05) is 48.5 Å². The highest BCUT2D eigenvalue weighted by molar-refractivity contribution is 6.04. The second-order valence-electron chi connectivity index (χ2n) is 11.4.